The summed E-state index contributed by atoms with van der Waals surface area (Å²) in [5, 5.41) is 9.22. The van der Waals surface area contributed by atoms with Gasteiger partial charge in [-0.2, -0.15) is 5.26 Å². The molecule has 0 N–H and O–H groups in total. The molecule has 0 aliphatic rings. The molecule has 1 rings (SSSR count). The Morgan fingerprint density at radius 2 is 2.20 bits per heavy atom. The highest BCUT2D eigenvalue weighted by Crippen LogP contribution is 2.12. The number of nitrogens with zero attached hydrogens (tertiary/aromatic N) is 1. The molecule has 0 aromatic heterocycles. The summed E-state index contributed by atoms with van der Waals surface area (Å²) in [7, 11) is 0. The van der Waals surface area contributed by atoms with Gasteiger partial charge in [0.25, 0.3) is 0 Å². The normalized spacial score (nSPS) is 8.90. The summed E-state index contributed by atoms with van der Waals surface area (Å²) in [4.78, 5) is 0. The topological polar surface area (TPSA) is 23.8 Å². The van der Waals surface area contributed by atoms with E-state index in [4.69, 9.17) is 16.9 Å². The average molecular weight is 153 g/mol. The van der Waals surface area contributed by atoms with E-state index >= 15 is 0 Å². The van der Waals surface area contributed by atoms with Crippen LogP contribution in [0.5, 0.6) is 0 Å². The molecular formula is C8H7ClN+. The van der Waals surface area contributed by atoms with Crippen molar-refractivity contribution in [3.8, 4) is 6.07 Å². The van der Waals surface area contributed by atoms with E-state index in [1.807, 2.05) is 19.1 Å². The number of benzene rings is 1. The van der Waals surface area contributed by atoms with Crippen LogP contribution in [0.25, 0.3) is 0 Å². The van der Waals surface area contributed by atoms with E-state index in [9.17, 15) is 0 Å². The number of halogens is 1. The summed E-state index contributed by atoms with van der Waals surface area (Å²) in [5.74, 6) is 0. The van der Waals surface area contributed by atoms with Gasteiger partial charge in [0.1, 0.15) is 11.6 Å². The maximum absolute atomic E-state index is 8.58. The Balaban J connectivity index is 3.34. The van der Waals surface area contributed by atoms with Gasteiger partial charge in [-0.25, -0.2) is 0 Å². The second-order valence-corrected chi connectivity index (χ2v) is 2.50. The second-order valence-electron chi connectivity index (χ2n) is 2.06. The van der Waals surface area contributed by atoms with Crippen molar-refractivity contribution < 1.29 is 11.6 Å². The maximum atomic E-state index is 8.58. The zero-order chi connectivity index (χ0) is 7.56. The smallest absolute Gasteiger partial charge is 0.192 e. The van der Waals surface area contributed by atoms with E-state index < -0.39 is 0 Å². The summed E-state index contributed by atoms with van der Waals surface area (Å²) >= 11 is 4.92. The highest BCUT2D eigenvalue weighted by molar-refractivity contribution is 5.40. The first-order valence-corrected chi connectivity index (χ1v) is 3.33. The van der Waals surface area contributed by atoms with Crippen molar-refractivity contribution >= 4 is 0 Å². The molecule has 0 amide bonds. The lowest BCUT2D eigenvalue weighted by Gasteiger charge is -1.90. The first kappa shape index (κ1) is 7.11. The minimum atomic E-state index is 0.623. The van der Waals surface area contributed by atoms with Crippen molar-refractivity contribution in [3.05, 3.63) is 34.3 Å². The van der Waals surface area contributed by atoms with E-state index in [-0.39, 0.29) is 0 Å². The Kier molecular flexibility index (Phi) is 1.94. The molecule has 0 spiro atoms. The number of hydrogen-bond donors (Lipinski definition) is 0. The van der Waals surface area contributed by atoms with E-state index in [2.05, 4.69) is 6.07 Å². The standard InChI is InChI=1S/C8H7ClN/c1-6-3-2-4-8(9)7(6)5-10/h2-4,9H,1H3/q+1. The van der Waals surface area contributed by atoms with E-state index in [0.29, 0.717) is 10.6 Å². The van der Waals surface area contributed by atoms with Crippen molar-refractivity contribution in [2.24, 2.45) is 0 Å². The molecule has 0 saturated heterocycles. The van der Waals surface area contributed by atoms with Crippen molar-refractivity contribution in [1.29, 1.82) is 5.26 Å². The third-order valence-corrected chi connectivity index (χ3v) is 1.69. The molecule has 2 heteroatoms. The van der Waals surface area contributed by atoms with Crippen LogP contribution in [0, 0.1) is 29.9 Å². The minimum Gasteiger partial charge on any atom is -0.192 e. The van der Waals surface area contributed by atoms with Gasteiger partial charge in [-0.1, -0.05) is 12.1 Å². The predicted molar refractivity (Wildman–Crippen MR) is 36.4 cm³/mol. The summed E-state index contributed by atoms with van der Waals surface area (Å²) in [6.45, 7) is 1.88. The molecule has 0 fully saturated rings. The minimum absolute atomic E-state index is 0.623. The fraction of sp³-hybridized carbons (Fsp3) is 0.125. The van der Waals surface area contributed by atoms with Gasteiger partial charge in [-0.15, -0.1) is 0 Å². The molecule has 50 valence electrons. The predicted octanol–water partition coefficient (Wildman–Crippen LogP) is 1.56. The Morgan fingerprint density at radius 1 is 1.50 bits per heavy atom. The molecule has 0 unspecified atom stereocenters. The highest BCUT2D eigenvalue weighted by Gasteiger charge is 2.06. The third kappa shape index (κ3) is 1.12. The summed E-state index contributed by atoms with van der Waals surface area (Å²) in [6, 6.07) is 7.57. The maximum Gasteiger partial charge on any atom is 0.243 e. The van der Waals surface area contributed by atoms with Gasteiger partial charge < -0.3 is 0 Å². The van der Waals surface area contributed by atoms with Crippen LogP contribution in [0.2, 0.25) is 5.02 Å². The molecule has 10 heavy (non-hydrogen) atoms. The molecule has 0 aliphatic heterocycles. The highest BCUT2D eigenvalue weighted by atomic mass is 35.5. The van der Waals surface area contributed by atoms with Gasteiger partial charge in [0.05, 0.1) is 0 Å². The Bertz CT molecular complexity index is 266. The number of nitriles is 1. The van der Waals surface area contributed by atoms with E-state index in [1.165, 1.54) is 0 Å². The lowest BCUT2D eigenvalue weighted by molar-refractivity contribution is -0.289. The fourth-order valence-corrected chi connectivity index (χ4v) is 1.07. The monoisotopic (exact) mass is 152 g/mol. The Morgan fingerprint density at radius 3 is 2.60 bits per heavy atom. The van der Waals surface area contributed by atoms with Crippen LogP contribution < -0.4 is 0 Å². The SMILES string of the molecule is Cc1cccc([ClH+])c1C#N. The van der Waals surface area contributed by atoms with Crippen molar-refractivity contribution in [2.45, 2.75) is 6.92 Å². The molecule has 0 aliphatic carbocycles. The van der Waals surface area contributed by atoms with Gasteiger partial charge in [0, 0.05) is 6.07 Å². The largest absolute Gasteiger partial charge is 0.243 e. The van der Waals surface area contributed by atoms with Crippen LogP contribution in [0.4, 0.5) is 0 Å². The first-order chi connectivity index (χ1) is 4.75. The molecule has 1 aromatic carbocycles. The molecule has 0 radical (unpaired) electrons. The lowest BCUT2D eigenvalue weighted by atomic mass is 10.1. The Labute approximate surface area is 64.9 Å². The first-order valence-electron chi connectivity index (χ1n) is 2.92. The second kappa shape index (κ2) is 2.72. The summed E-state index contributed by atoms with van der Waals surface area (Å²) in [5.41, 5.74) is 1.58. The quantitative estimate of drug-likeness (QED) is 0.554. The van der Waals surface area contributed by atoms with E-state index in [0.717, 1.165) is 5.56 Å². The van der Waals surface area contributed by atoms with Crippen molar-refractivity contribution in [2.75, 3.05) is 0 Å². The average Bonchev–Trinajstić information content (AvgIpc) is 1.88. The van der Waals surface area contributed by atoms with Gasteiger partial charge in [0.2, 0.25) is 5.02 Å². The van der Waals surface area contributed by atoms with E-state index in [1.54, 1.807) is 6.07 Å². The molecule has 0 heterocycles. The van der Waals surface area contributed by atoms with Crippen LogP contribution in [-0.4, -0.2) is 0 Å². The van der Waals surface area contributed by atoms with Gasteiger partial charge in [0.15, 0.2) is 11.6 Å². The lowest BCUT2D eigenvalue weighted by Crippen LogP contribution is -1.83. The molecule has 1 nitrogen and oxygen atoms in total. The van der Waals surface area contributed by atoms with Crippen LogP contribution in [0.3, 0.4) is 0 Å². The summed E-state index contributed by atoms with van der Waals surface area (Å²) < 4.78 is 0. The zero-order valence-corrected chi connectivity index (χ0v) is 6.40. The molecular weight excluding hydrogens is 146 g/mol. The van der Waals surface area contributed by atoms with Gasteiger partial charge >= 0.3 is 0 Å². The number of rotatable bonds is 0. The van der Waals surface area contributed by atoms with Crippen LogP contribution in [0.1, 0.15) is 11.1 Å². The van der Waals surface area contributed by atoms with Crippen LogP contribution >= 0.6 is 0 Å². The number of aryl methyl sites for hydroxylation is 1. The third-order valence-electron chi connectivity index (χ3n) is 1.35. The Hall–Kier alpha value is -1.00. The zero-order valence-electron chi connectivity index (χ0n) is 5.59. The molecule has 1 aromatic rings. The molecule has 0 atom stereocenters. The van der Waals surface area contributed by atoms with Crippen molar-refractivity contribution in [3.63, 3.8) is 0 Å². The van der Waals surface area contributed by atoms with Crippen LogP contribution in [0.15, 0.2) is 18.2 Å². The number of hydrogen-bond acceptors (Lipinski definition) is 1. The van der Waals surface area contributed by atoms with Gasteiger partial charge in [-0.05, 0) is 12.5 Å². The fourth-order valence-electron chi connectivity index (χ4n) is 0.784. The van der Waals surface area contributed by atoms with Crippen molar-refractivity contribution in [1.82, 2.24) is 0 Å². The summed E-state index contributed by atoms with van der Waals surface area (Å²) in [6.07, 6.45) is 0. The van der Waals surface area contributed by atoms with Crippen LogP contribution in [-0.2, 0) is 0 Å². The molecule has 0 saturated carbocycles. The molecule has 0 bridgehead atoms. The van der Waals surface area contributed by atoms with Gasteiger partial charge in [-0.3, -0.25) is 0 Å².